The zero-order chi connectivity index (χ0) is 13.4. The third-order valence-corrected chi connectivity index (χ3v) is 2.86. The van der Waals surface area contributed by atoms with Gasteiger partial charge in [-0.3, -0.25) is 4.79 Å². The van der Waals surface area contributed by atoms with Crippen LogP contribution in [0.25, 0.3) is 0 Å². The molecule has 0 aliphatic rings. The number of halogens is 3. The summed E-state index contributed by atoms with van der Waals surface area (Å²) in [6.07, 6.45) is 0.723. The lowest BCUT2D eigenvalue weighted by atomic mass is 10.2. The number of nitrogens with one attached hydrogen (secondary N) is 1. The first kappa shape index (κ1) is 15.6. The summed E-state index contributed by atoms with van der Waals surface area (Å²) < 4.78 is 5.18. The van der Waals surface area contributed by atoms with Gasteiger partial charge in [-0.1, -0.05) is 23.2 Å². The van der Waals surface area contributed by atoms with E-state index in [0.717, 1.165) is 6.42 Å². The van der Waals surface area contributed by atoms with Crippen molar-refractivity contribution in [3.05, 3.63) is 33.8 Å². The van der Waals surface area contributed by atoms with Crippen molar-refractivity contribution in [2.75, 3.05) is 25.6 Å². The Morgan fingerprint density at radius 2 is 2.06 bits per heavy atom. The minimum Gasteiger partial charge on any atom is -0.380 e. The molecule has 1 aromatic carbocycles. The fourth-order valence-electron chi connectivity index (χ4n) is 1.30. The Balaban J connectivity index is 2.34. The van der Waals surface area contributed by atoms with Crippen LogP contribution in [0.3, 0.4) is 0 Å². The maximum absolute atomic E-state index is 11.8. The number of benzene rings is 1. The fraction of sp³-hybridized carbons (Fsp3) is 0.417. The summed E-state index contributed by atoms with van der Waals surface area (Å²) in [5, 5.41) is 3.61. The van der Waals surface area contributed by atoms with Crippen molar-refractivity contribution in [3.63, 3.8) is 0 Å². The lowest BCUT2D eigenvalue weighted by Crippen LogP contribution is -2.25. The minimum atomic E-state index is -0.236. The quantitative estimate of drug-likeness (QED) is 0.619. The van der Waals surface area contributed by atoms with Crippen LogP contribution in [0, 0.1) is 0 Å². The average molecular weight is 311 g/mol. The standard InChI is InChI=1S/C12H14Cl3NO2/c13-4-7-18-6-1-5-16-12(17)10-8-9(14)2-3-11(10)15/h2-3,8H,1,4-7H2,(H,16,17). The molecule has 0 unspecified atom stereocenters. The molecule has 0 bridgehead atoms. The third-order valence-electron chi connectivity index (χ3n) is 2.15. The Morgan fingerprint density at radius 1 is 1.28 bits per heavy atom. The van der Waals surface area contributed by atoms with Crippen LogP contribution in [-0.4, -0.2) is 31.5 Å². The summed E-state index contributed by atoms with van der Waals surface area (Å²) >= 11 is 17.2. The van der Waals surface area contributed by atoms with E-state index in [2.05, 4.69) is 5.32 Å². The van der Waals surface area contributed by atoms with Crippen molar-refractivity contribution in [2.45, 2.75) is 6.42 Å². The third kappa shape index (κ3) is 5.44. The van der Waals surface area contributed by atoms with Gasteiger partial charge in [0, 0.05) is 24.1 Å². The van der Waals surface area contributed by atoms with Crippen molar-refractivity contribution in [1.29, 1.82) is 0 Å². The minimum absolute atomic E-state index is 0.236. The zero-order valence-electron chi connectivity index (χ0n) is 9.72. The van der Waals surface area contributed by atoms with E-state index in [9.17, 15) is 4.79 Å². The summed E-state index contributed by atoms with van der Waals surface area (Å²) in [7, 11) is 0. The van der Waals surface area contributed by atoms with Crippen LogP contribution < -0.4 is 5.32 Å². The molecule has 1 amide bonds. The first-order chi connectivity index (χ1) is 8.65. The number of carbonyl (C=O) groups is 1. The summed E-state index contributed by atoms with van der Waals surface area (Å²) in [5.74, 6) is 0.240. The number of rotatable bonds is 7. The Hall–Kier alpha value is -0.480. The van der Waals surface area contributed by atoms with Gasteiger partial charge in [0.15, 0.2) is 0 Å². The summed E-state index contributed by atoms with van der Waals surface area (Å²) in [6, 6.07) is 4.78. The molecular formula is C12H14Cl3NO2. The zero-order valence-corrected chi connectivity index (χ0v) is 12.0. The van der Waals surface area contributed by atoms with Crippen molar-refractivity contribution in [2.24, 2.45) is 0 Å². The Bertz CT molecular complexity index is 399. The molecule has 0 heterocycles. The van der Waals surface area contributed by atoms with Gasteiger partial charge in [0.25, 0.3) is 5.91 Å². The molecule has 0 saturated carbocycles. The monoisotopic (exact) mass is 309 g/mol. The van der Waals surface area contributed by atoms with E-state index in [1.807, 2.05) is 0 Å². The van der Waals surface area contributed by atoms with E-state index in [1.165, 1.54) is 0 Å². The van der Waals surface area contributed by atoms with Crippen LogP contribution >= 0.6 is 34.8 Å². The maximum Gasteiger partial charge on any atom is 0.252 e. The van der Waals surface area contributed by atoms with Crippen LogP contribution in [-0.2, 0) is 4.74 Å². The molecule has 18 heavy (non-hydrogen) atoms. The summed E-state index contributed by atoms with van der Waals surface area (Å²) in [5.41, 5.74) is 0.380. The van der Waals surface area contributed by atoms with Crippen LogP contribution in [0.1, 0.15) is 16.8 Å². The molecule has 0 fully saturated rings. The van der Waals surface area contributed by atoms with E-state index in [0.29, 0.717) is 41.2 Å². The highest BCUT2D eigenvalue weighted by molar-refractivity contribution is 6.35. The van der Waals surface area contributed by atoms with Crippen molar-refractivity contribution >= 4 is 40.7 Å². The highest BCUT2D eigenvalue weighted by Gasteiger charge is 2.09. The molecule has 1 rings (SSSR count). The first-order valence-corrected chi connectivity index (χ1v) is 6.81. The number of ether oxygens (including phenoxy) is 1. The lowest BCUT2D eigenvalue weighted by molar-refractivity contribution is 0.0944. The molecule has 0 radical (unpaired) electrons. The average Bonchev–Trinajstić information content (AvgIpc) is 2.36. The van der Waals surface area contributed by atoms with Crippen LogP contribution in [0.5, 0.6) is 0 Å². The molecule has 1 N–H and O–H groups in total. The topological polar surface area (TPSA) is 38.3 Å². The van der Waals surface area contributed by atoms with Gasteiger partial charge >= 0.3 is 0 Å². The molecule has 0 saturated heterocycles. The summed E-state index contributed by atoms with van der Waals surface area (Å²) in [4.78, 5) is 11.8. The second kappa shape index (κ2) is 8.59. The number of hydrogen-bond donors (Lipinski definition) is 1. The molecule has 6 heteroatoms. The highest BCUT2D eigenvalue weighted by atomic mass is 35.5. The highest BCUT2D eigenvalue weighted by Crippen LogP contribution is 2.20. The Labute approximate surface area is 121 Å². The molecule has 0 aliphatic carbocycles. The predicted molar refractivity (Wildman–Crippen MR) is 75.0 cm³/mol. The summed E-state index contributed by atoms with van der Waals surface area (Å²) in [6.45, 7) is 1.61. The van der Waals surface area contributed by atoms with Crippen molar-refractivity contribution < 1.29 is 9.53 Å². The predicted octanol–water partition coefficient (Wildman–Crippen LogP) is 3.37. The van der Waals surface area contributed by atoms with E-state index < -0.39 is 0 Å². The number of alkyl halides is 1. The van der Waals surface area contributed by atoms with Gasteiger partial charge < -0.3 is 10.1 Å². The smallest absolute Gasteiger partial charge is 0.252 e. The van der Waals surface area contributed by atoms with Gasteiger partial charge in [-0.05, 0) is 24.6 Å². The van der Waals surface area contributed by atoms with E-state index in [4.69, 9.17) is 39.5 Å². The number of hydrogen-bond acceptors (Lipinski definition) is 2. The van der Waals surface area contributed by atoms with Gasteiger partial charge in [-0.15, -0.1) is 11.6 Å². The second-order valence-corrected chi connectivity index (χ2v) is 4.76. The van der Waals surface area contributed by atoms with E-state index in [-0.39, 0.29) is 5.91 Å². The van der Waals surface area contributed by atoms with E-state index >= 15 is 0 Å². The van der Waals surface area contributed by atoms with Gasteiger partial charge in [-0.2, -0.15) is 0 Å². The maximum atomic E-state index is 11.8. The van der Waals surface area contributed by atoms with Crippen LogP contribution in [0.4, 0.5) is 0 Å². The largest absolute Gasteiger partial charge is 0.380 e. The van der Waals surface area contributed by atoms with Gasteiger partial charge in [-0.25, -0.2) is 0 Å². The SMILES string of the molecule is O=C(NCCCOCCCl)c1cc(Cl)ccc1Cl. The van der Waals surface area contributed by atoms with Crippen LogP contribution in [0.2, 0.25) is 10.0 Å². The molecule has 1 aromatic rings. The molecule has 0 aromatic heterocycles. The van der Waals surface area contributed by atoms with Gasteiger partial charge in [0.05, 0.1) is 17.2 Å². The lowest BCUT2D eigenvalue weighted by Gasteiger charge is -2.07. The normalized spacial score (nSPS) is 10.4. The second-order valence-electron chi connectivity index (χ2n) is 3.53. The Morgan fingerprint density at radius 3 is 2.78 bits per heavy atom. The first-order valence-electron chi connectivity index (χ1n) is 5.52. The molecule has 0 spiro atoms. The van der Waals surface area contributed by atoms with Crippen molar-refractivity contribution in [3.8, 4) is 0 Å². The van der Waals surface area contributed by atoms with Crippen molar-refractivity contribution in [1.82, 2.24) is 5.32 Å². The van der Waals surface area contributed by atoms with Crippen LogP contribution in [0.15, 0.2) is 18.2 Å². The fourth-order valence-corrected chi connectivity index (χ4v) is 1.78. The Kier molecular flexibility index (Phi) is 7.44. The number of amides is 1. The van der Waals surface area contributed by atoms with Gasteiger partial charge in [0.2, 0.25) is 0 Å². The molecule has 3 nitrogen and oxygen atoms in total. The molecule has 0 aliphatic heterocycles. The molecule has 100 valence electrons. The van der Waals surface area contributed by atoms with Gasteiger partial charge in [0.1, 0.15) is 0 Å². The number of carbonyl (C=O) groups excluding carboxylic acids is 1. The van der Waals surface area contributed by atoms with E-state index in [1.54, 1.807) is 18.2 Å². The molecular weight excluding hydrogens is 296 g/mol. The molecule has 0 atom stereocenters.